The van der Waals surface area contributed by atoms with Crippen molar-refractivity contribution in [3.8, 4) is 0 Å². The molecule has 0 heterocycles. The number of benzene rings is 2. The maximum Gasteiger partial charge on any atom is 0.269 e. The minimum absolute atomic E-state index is 0.00505. The van der Waals surface area contributed by atoms with Crippen molar-refractivity contribution in [3.05, 3.63) is 71.5 Å². The lowest BCUT2D eigenvalue weighted by Gasteiger charge is -2.08. The fourth-order valence-electron chi connectivity index (χ4n) is 1.97. The van der Waals surface area contributed by atoms with Crippen LogP contribution >= 0.6 is 0 Å². The molecule has 7 heteroatoms. The van der Waals surface area contributed by atoms with Crippen LogP contribution in [0.1, 0.15) is 28.8 Å². The van der Waals surface area contributed by atoms with Crippen molar-refractivity contribution in [2.45, 2.75) is 19.4 Å². The van der Waals surface area contributed by atoms with E-state index < -0.39 is 17.6 Å². The first-order valence-corrected chi connectivity index (χ1v) is 7.70. The lowest BCUT2D eigenvalue weighted by atomic mass is 10.2. The zero-order valence-corrected chi connectivity index (χ0v) is 13.4. The minimum Gasteiger partial charge on any atom is -0.352 e. The fourth-order valence-corrected chi connectivity index (χ4v) is 1.97. The Morgan fingerprint density at radius 1 is 0.800 bits per heavy atom. The van der Waals surface area contributed by atoms with E-state index in [0.29, 0.717) is 6.54 Å². The Morgan fingerprint density at radius 2 is 1.44 bits per heavy atom. The molecule has 2 aromatic carbocycles. The number of hydrazine groups is 1. The molecule has 0 unspecified atom stereocenters. The molecule has 2 rings (SSSR count). The Balaban J connectivity index is 1.65. The van der Waals surface area contributed by atoms with Gasteiger partial charge in [-0.3, -0.25) is 25.2 Å². The lowest BCUT2D eigenvalue weighted by Crippen LogP contribution is -2.42. The summed E-state index contributed by atoms with van der Waals surface area (Å²) in [6.45, 7) is 0.391. The van der Waals surface area contributed by atoms with Gasteiger partial charge in [0.25, 0.3) is 5.91 Å². The Kier molecular flexibility index (Phi) is 6.65. The third-order valence-corrected chi connectivity index (χ3v) is 3.33. The molecule has 0 radical (unpaired) electrons. The number of rotatable bonds is 6. The van der Waals surface area contributed by atoms with Crippen LogP contribution in [-0.4, -0.2) is 17.7 Å². The highest BCUT2D eigenvalue weighted by molar-refractivity contribution is 5.95. The van der Waals surface area contributed by atoms with Gasteiger partial charge in [0.2, 0.25) is 11.8 Å². The van der Waals surface area contributed by atoms with Gasteiger partial charge in [0.15, 0.2) is 0 Å². The van der Waals surface area contributed by atoms with E-state index in [2.05, 4.69) is 16.2 Å². The first-order valence-electron chi connectivity index (χ1n) is 7.70. The quantitative estimate of drug-likeness (QED) is 0.698. The summed E-state index contributed by atoms with van der Waals surface area (Å²) >= 11 is 0. The average molecular weight is 343 g/mol. The van der Waals surface area contributed by atoms with Gasteiger partial charge in [-0.1, -0.05) is 30.3 Å². The van der Waals surface area contributed by atoms with Gasteiger partial charge in [0, 0.05) is 24.9 Å². The standard InChI is InChI=1S/C18H18FN3O3/c19-15-8-6-14(7-9-15)18(25)22-21-17(24)11-10-16(23)20-12-13-4-2-1-3-5-13/h1-9H,10-12H2,(H,20,23)(H,21,24)(H,22,25). The van der Waals surface area contributed by atoms with E-state index >= 15 is 0 Å². The molecule has 0 aliphatic rings. The van der Waals surface area contributed by atoms with E-state index in [9.17, 15) is 18.8 Å². The van der Waals surface area contributed by atoms with Crippen molar-refractivity contribution < 1.29 is 18.8 Å². The summed E-state index contributed by atoms with van der Waals surface area (Å²) in [5.74, 6) is -1.78. The predicted octanol–water partition coefficient (Wildman–Crippen LogP) is 1.68. The second-order valence-electron chi connectivity index (χ2n) is 5.27. The largest absolute Gasteiger partial charge is 0.352 e. The molecule has 0 fully saturated rings. The van der Waals surface area contributed by atoms with Crippen LogP contribution in [0.2, 0.25) is 0 Å². The summed E-state index contributed by atoms with van der Waals surface area (Å²) < 4.78 is 12.8. The van der Waals surface area contributed by atoms with Crippen molar-refractivity contribution in [1.29, 1.82) is 0 Å². The van der Waals surface area contributed by atoms with Crippen molar-refractivity contribution in [2.24, 2.45) is 0 Å². The molecule has 0 aliphatic carbocycles. The SMILES string of the molecule is O=C(CCC(=O)NNC(=O)c1ccc(F)cc1)NCc1ccccc1. The number of nitrogens with one attached hydrogen (secondary N) is 3. The molecule has 0 saturated carbocycles. The summed E-state index contributed by atoms with van der Waals surface area (Å²) in [6.07, 6.45) is -0.0601. The van der Waals surface area contributed by atoms with Crippen molar-refractivity contribution in [1.82, 2.24) is 16.2 Å². The Hall–Kier alpha value is -3.22. The summed E-state index contributed by atoms with van der Waals surface area (Å²) in [6, 6.07) is 14.3. The van der Waals surface area contributed by atoms with Crippen LogP contribution in [0.5, 0.6) is 0 Å². The average Bonchev–Trinajstić information content (AvgIpc) is 2.64. The van der Waals surface area contributed by atoms with E-state index in [4.69, 9.17) is 0 Å². The first-order chi connectivity index (χ1) is 12.0. The number of hydrogen-bond donors (Lipinski definition) is 3. The van der Waals surface area contributed by atoms with Crippen molar-refractivity contribution in [3.63, 3.8) is 0 Å². The highest BCUT2D eigenvalue weighted by Gasteiger charge is 2.09. The fraction of sp³-hybridized carbons (Fsp3) is 0.167. The number of amides is 3. The molecule has 0 spiro atoms. The van der Waals surface area contributed by atoms with Gasteiger partial charge >= 0.3 is 0 Å². The zero-order chi connectivity index (χ0) is 18.1. The normalized spacial score (nSPS) is 9.96. The molecule has 25 heavy (non-hydrogen) atoms. The van der Waals surface area contributed by atoms with Crippen LogP contribution in [0.15, 0.2) is 54.6 Å². The molecule has 130 valence electrons. The van der Waals surface area contributed by atoms with E-state index in [1.165, 1.54) is 12.1 Å². The molecule has 0 saturated heterocycles. The topological polar surface area (TPSA) is 87.3 Å². The van der Waals surface area contributed by atoms with E-state index in [0.717, 1.165) is 17.7 Å². The maximum absolute atomic E-state index is 12.8. The van der Waals surface area contributed by atoms with Crippen LogP contribution in [0.3, 0.4) is 0 Å². The first kappa shape index (κ1) is 18.1. The van der Waals surface area contributed by atoms with Gasteiger partial charge in [0.05, 0.1) is 0 Å². The van der Waals surface area contributed by atoms with E-state index in [1.54, 1.807) is 0 Å². The van der Waals surface area contributed by atoms with E-state index in [-0.39, 0.29) is 24.3 Å². The second kappa shape index (κ2) is 9.17. The Bertz CT molecular complexity index is 733. The molecule has 3 N–H and O–H groups in total. The molecular formula is C18H18FN3O3. The van der Waals surface area contributed by atoms with Crippen LogP contribution in [0.25, 0.3) is 0 Å². The Morgan fingerprint density at radius 3 is 2.12 bits per heavy atom. The predicted molar refractivity (Wildman–Crippen MR) is 89.5 cm³/mol. The molecule has 0 atom stereocenters. The number of carbonyl (C=O) groups excluding carboxylic acids is 3. The summed E-state index contributed by atoms with van der Waals surface area (Å²) in [5, 5.41) is 2.71. The monoisotopic (exact) mass is 343 g/mol. The van der Waals surface area contributed by atoms with Gasteiger partial charge < -0.3 is 5.32 Å². The third-order valence-electron chi connectivity index (χ3n) is 3.33. The summed E-state index contributed by atoms with van der Waals surface area (Å²) in [4.78, 5) is 35.1. The van der Waals surface area contributed by atoms with E-state index in [1.807, 2.05) is 30.3 Å². The number of hydrogen-bond acceptors (Lipinski definition) is 3. The van der Waals surface area contributed by atoms with Crippen LogP contribution in [0.4, 0.5) is 4.39 Å². The van der Waals surface area contributed by atoms with Gasteiger partial charge in [-0.25, -0.2) is 4.39 Å². The highest BCUT2D eigenvalue weighted by atomic mass is 19.1. The molecule has 0 aliphatic heterocycles. The van der Waals surface area contributed by atoms with Gasteiger partial charge in [-0.05, 0) is 29.8 Å². The molecule has 2 aromatic rings. The third kappa shape index (κ3) is 6.42. The van der Waals surface area contributed by atoms with Gasteiger partial charge in [-0.15, -0.1) is 0 Å². The minimum atomic E-state index is -0.568. The van der Waals surface area contributed by atoms with Crippen LogP contribution < -0.4 is 16.2 Å². The molecule has 0 bridgehead atoms. The number of halogens is 1. The summed E-state index contributed by atoms with van der Waals surface area (Å²) in [7, 11) is 0. The smallest absolute Gasteiger partial charge is 0.269 e. The molecule has 0 aromatic heterocycles. The van der Waals surface area contributed by atoms with Crippen LogP contribution in [-0.2, 0) is 16.1 Å². The van der Waals surface area contributed by atoms with Crippen LogP contribution in [0, 0.1) is 5.82 Å². The Labute approximate surface area is 144 Å². The van der Waals surface area contributed by atoms with Crippen molar-refractivity contribution >= 4 is 17.7 Å². The highest BCUT2D eigenvalue weighted by Crippen LogP contribution is 2.02. The summed E-state index contributed by atoms with van der Waals surface area (Å²) in [5.41, 5.74) is 5.59. The molecular weight excluding hydrogens is 325 g/mol. The van der Waals surface area contributed by atoms with Gasteiger partial charge in [0.1, 0.15) is 5.82 Å². The van der Waals surface area contributed by atoms with Crippen molar-refractivity contribution in [2.75, 3.05) is 0 Å². The zero-order valence-electron chi connectivity index (χ0n) is 13.4. The number of carbonyl (C=O) groups is 3. The maximum atomic E-state index is 12.8. The lowest BCUT2D eigenvalue weighted by molar-refractivity contribution is -0.126. The second-order valence-corrected chi connectivity index (χ2v) is 5.27. The molecule has 3 amide bonds. The molecule has 6 nitrogen and oxygen atoms in total. The van der Waals surface area contributed by atoms with Gasteiger partial charge in [-0.2, -0.15) is 0 Å².